The molecule has 1 aliphatic carbocycles. The number of hydrogen-bond donors (Lipinski definition) is 2. The molecule has 1 aliphatic heterocycles. The SMILES string of the molecule is COc1cc2c(cc1OC)CN(CCNC(=O)[C@H]1CCC[C@H]1N)CC2. The quantitative estimate of drug-likeness (QED) is 0.811. The van der Waals surface area contributed by atoms with Gasteiger partial charge in [-0.2, -0.15) is 0 Å². The van der Waals surface area contributed by atoms with Crippen LogP contribution in [0.3, 0.4) is 0 Å². The number of benzene rings is 1. The Morgan fingerprint density at radius 3 is 2.60 bits per heavy atom. The Morgan fingerprint density at radius 1 is 1.24 bits per heavy atom. The molecule has 0 aromatic heterocycles. The number of nitrogens with two attached hydrogens (primary N) is 1. The Kier molecular flexibility index (Phi) is 5.81. The van der Waals surface area contributed by atoms with E-state index in [1.807, 2.05) is 0 Å². The van der Waals surface area contributed by atoms with Gasteiger partial charge < -0.3 is 20.5 Å². The van der Waals surface area contributed by atoms with E-state index in [4.69, 9.17) is 15.2 Å². The molecule has 3 N–H and O–H groups in total. The molecule has 1 fully saturated rings. The lowest BCUT2D eigenvalue weighted by Crippen LogP contribution is -2.42. The van der Waals surface area contributed by atoms with E-state index < -0.39 is 0 Å². The molecule has 0 bridgehead atoms. The summed E-state index contributed by atoms with van der Waals surface area (Å²) < 4.78 is 10.8. The maximum atomic E-state index is 12.2. The van der Waals surface area contributed by atoms with Crippen LogP contribution in [-0.2, 0) is 17.8 Å². The highest BCUT2D eigenvalue weighted by atomic mass is 16.5. The fourth-order valence-corrected chi connectivity index (χ4v) is 3.92. The minimum absolute atomic E-state index is 0.00110. The number of carbonyl (C=O) groups excluding carboxylic acids is 1. The van der Waals surface area contributed by atoms with Crippen LogP contribution in [0.15, 0.2) is 12.1 Å². The van der Waals surface area contributed by atoms with Gasteiger partial charge in [-0.3, -0.25) is 9.69 Å². The molecule has 0 spiro atoms. The van der Waals surface area contributed by atoms with Gasteiger partial charge in [0.25, 0.3) is 0 Å². The Balaban J connectivity index is 1.52. The summed E-state index contributed by atoms with van der Waals surface area (Å²) in [4.78, 5) is 14.6. The van der Waals surface area contributed by atoms with Crippen LogP contribution in [0.2, 0.25) is 0 Å². The van der Waals surface area contributed by atoms with Crippen LogP contribution in [0.1, 0.15) is 30.4 Å². The molecule has 1 heterocycles. The fraction of sp³-hybridized carbons (Fsp3) is 0.632. The lowest BCUT2D eigenvalue weighted by atomic mass is 9.99. The fourth-order valence-electron chi connectivity index (χ4n) is 3.92. The highest BCUT2D eigenvalue weighted by Gasteiger charge is 2.30. The summed E-state index contributed by atoms with van der Waals surface area (Å²) in [5, 5.41) is 3.06. The van der Waals surface area contributed by atoms with E-state index in [0.29, 0.717) is 6.54 Å². The largest absolute Gasteiger partial charge is 0.493 e. The van der Waals surface area contributed by atoms with Crippen LogP contribution in [-0.4, -0.2) is 50.7 Å². The van der Waals surface area contributed by atoms with E-state index in [1.54, 1.807) is 14.2 Å². The maximum Gasteiger partial charge on any atom is 0.224 e. The summed E-state index contributed by atoms with van der Waals surface area (Å²) in [6.07, 6.45) is 3.93. The van der Waals surface area contributed by atoms with Gasteiger partial charge in [-0.1, -0.05) is 6.42 Å². The first-order valence-electron chi connectivity index (χ1n) is 9.11. The number of hydrogen-bond acceptors (Lipinski definition) is 5. The number of nitrogens with zero attached hydrogens (tertiary/aromatic N) is 1. The Bertz CT molecular complexity index is 620. The van der Waals surface area contributed by atoms with E-state index in [1.165, 1.54) is 11.1 Å². The van der Waals surface area contributed by atoms with Gasteiger partial charge in [0.15, 0.2) is 11.5 Å². The predicted octanol–water partition coefficient (Wildman–Crippen LogP) is 1.31. The van der Waals surface area contributed by atoms with Crippen molar-refractivity contribution in [2.75, 3.05) is 33.9 Å². The van der Waals surface area contributed by atoms with Crippen molar-refractivity contribution in [2.45, 2.75) is 38.3 Å². The van der Waals surface area contributed by atoms with E-state index >= 15 is 0 Å². The molecule has 1 aromatic carbocycles. The predicted molar refractivity (Wildman–Crippen MR) is 96.9 cm³/mol. The van der Waals surface area contributed by atoms with Crippen molar-refractivity contribution < 1.29 is 14.3 Å². The zero-order valence-electron chi connectivity index (χ0n) is 15.2. The number of carbonyl (C=O) groups is 1. The number of amides is 1. The lowest BCUT2D eigenvalue weighted by Gasteiger charge is -2.29. The second-order valence-electron chi connectivity index (χ2n) is 6.99. The molecule has 0 unspecified atom stereocenters. The first-order valence-corrected chi connectivity index (χ1v) is 9.11. The van der Waals surface area contributed by atoms with Gasteiger partial charge in [-0.05, 0) is 42.5 Å². The average molecular weight is 347 g/mol. The molecule has 2 atom stereocenters. The Hall–Kier alpha value is -1.79. The summed E-state index contributed by atoms with van der Waals surface area (Å²) in [5.74, 6) is 1.68. The molecule has 0 saturated heterocycles. The molecule has 0 radical (unpaired) electrons. The number of ether oxygens (including phenoxy) is 2. The molecule has 6 heteroatoms. The minimum atomic E-state index is -0.00110. The first kappa shape index (κ1) is 18.0. The number of fused-ring (bicyclic) bond motifs is 1. The van der Waals surface area contributed by atoms with Crippen molar-refractivity contribution in [3.8, 4) is 11.5 Å². The topological polar surface area (TPSA) is 76.8 Å². The van der Waals surface area contributed by atoms with Crippen molar-refractivity contribution in [2.24, 2.45) is 11.7 Å². The number of rotatable bonds is 6. The third kappa shape index (κ3) is 4.07. The molecule has 1 saturated carbocycles. The minimum Gasteiger partial charge on any atom is -0.493 e. The zero-order valence-corrected chi connectivity index (χ0v) is 15.2. The van der Waals surface area contributed by atoms with Crippen molar-refractivity contribution in [1.29, 1.82) is 0 Å². The van der Waals surface area contributed by atoms with Crippen LogP contribution >= 0.6 is 0 Å². The third-order valence-electron chi connectivity index (χ3n) is 5.43. The van der Waals surface area contributed by atoms with Crippen LogP contribution in [0.4, 0.5) is 0 Å². The van der Waals surface area contributed by atoms with E-state index in [0.717, 1.165) is 56.8 Å². The summed E-state index contributed by atoms with van der Waals surface area (Å²) in [7, 11) is 3.33. The first-order chi connectivity index (χ1) is 12.1. The molecule has 6 nitrogen and oxygen atoms in total. The van der Waals surface area contributed by atoms with Gasteiger partial charge in [0.05, 0.1) is 20.1 Å². The number of methoxy groups -OCH3 is 2. The Morgan fingerprint density at radius 2 is 1.96 bits per heavy atom. The lowest BCUT2D eigenvalue weighted by molar-refractivity contribution is -0.125. The van der Waals surface area contributed by atoms with Crippen LogP contribution in [0.25, 0.3) is 0 Å². The summed E-state index contributed by atoms with van der Waals surface area (Å²) in [5.41, 5.74) is 8.59. The standard InChI is InChI=1S/C19H29N3O3/c1-24-17-10-13-6-8-22(12-14(13)11-18(17)25-2)9-7-21-19(23)15-4-3-5-16(15)20/h10-11,15-16H,3-9,12,20H2,1-2H3,(H,21,23)/t15-,16+/m0/s1. The monoisotopic (exact) mass is 347 g/mol. The summed E-state index contributed by atoms with van der Waals surface area (Å²) >= 11 is 0. The van der Waals surface area contributed by atoms with Crippen molar-refractivity contribution >= 4 is 5.91 Å². The molecule has 1 amide bonds. The number of nitrogens with one attached hydrogen (secondary N) is 1. The normalized spacial score (nSPS) is 23.2. The molecule has 138 valence electrons. The smallest absolute Gasteiger partial charge is 0.224 e. The highest BCUT2D eigenvalue weighted by molar-refractivity contribution is 5.79. The van der Waals surface area contributed by atoms with Gasteiger partial charge >= 0.3 is 0 Å². The van der Waals surface area contributed by atoms with Gasteiger partial charge in [-0.25, -0.2) is 0 Å². The second-order valence-corrected chi connectivity index (χ2v) is 6.99. The van der Waals surface area contributed by atoms with Crippen LogP contribution in [0, 0.1) is 5.92 Å². The maximum absolute atomic E-state index is 12.2. The third-order valence-corrected chi connectivity index (χ3v) is 5.43. The van der Waals surface area contributed by atoms with Crippen molar-refractivity contribution in [3.05, 3.63) is 23.3 Å². The zero-order chi connectivity index (χ0) is 17.8. The van der Waals surface area contributed by atoms with Gasteiger partial charge in [0.2, 0.25) is 5.91 Å². The van der Waals surface area contributed by atoms with Crippen molar-refractivity contribution in [3.63, 3.8) is 0 Å². The Labute approximate surface area is 149 Å². The second kappa shape index (κ2) is 8.06. The molecular formula is C19H29N3O3. The van der Waals surface area contributed by atoms with Crippen molar-refractivity contribution in [1.82, 2.24) is 10.2 Å². The summed E-state index contributed by atoms with van der Waals surface area (Å²) in [6, 6.07) is 4.18. The average Bonchev–Trinajstić information content (AvgIpc) is 3.06. The van der Waals surface area contributed by atoms with Crippen LogP contribution < -0.4 is 20.5 Å². The molecule has 25 heavy (non-hydrogen) atoms. The van der Waals surface area contributed by atoms with E-state index in [9.17, 15) is 4.79 Å². The summed E-state index contributed by atoms with van der Waals surface area (Å²) in [6.45, 7) is 3.38. The molecule has 1 aromatic rings. The van der Waals surface area contributed by atoms with Gasteiger partial charge in [0, 0.05) is 32.2 Å². The van der Waals surface area contributed by atoms with Gasteiger partial charge in [-0.15, -0.1) is 0 Å². The van der Waals surface area contributed by atoms with E-state index in [-0.39, 0.29) is 17.9 Å². The highest BCUT2D eigenvalue weighted by Crippen LogP contribution is 2.33. The molecular weight excluding hydrogens is 318 g/mol. The molecule has 3 rings (SSSR count). The van der Waals surface area contributed by atoms with Crippen LogP contribution in [0.5, 0.6) is 11.5 Å². The van der Waals surface area contributed by atoms with Gasteiger partial charge in [0.1, 0.15) is 0 Å². The van der Waals surface area contributed by atoms with E-state index in [2.05, 4.69) is 22.3 Å². The molecule has 2 aliphatic rings.